The summed E-state index contributed by atoms with van der Waals surface area (Å²) in [6.07, 6.45) is 5.82. The first-order valence-corrected chi connectivity index (χ1v) is 9.38. The van der Waals surface area contributed by atoms with Crippen molar-refractivity contribution in [3.05, 3.63) is 22.6 Å². The van der Waals surface area contributed by atoms with Gasteiger partial charge in [0, 0.05) is 52.3 Å². The van der Waals surface area contributed by atoms with Gasteiger partial charge < -0.3 is 15.1 Å². The molecule has 0 unspecified atom stereocenters. The number of carbonyl (C=O) groups excluding carboxylic acids is 2. The predicted molar refractivity (Wildman–Crippen MR) is 97.9 cm³/mol. The summed E-state index contributed by atoms with van der Waals surface area (Å²) in [7, 11) is 1.62. The molecule has 0 aliphatic carbocycles. The van der Waals surface area contributed by atoms with Gasteiger partial charge in [-0.15, -0.1) is 0 Å². The molecule has 3 heterocycles. The fourth-order valence-electron chi connectivity index (χ4n) is 3.62. The second kappa shape index (κ2) is 8.33. The Morgan fingerprint density at radius 1 is 1.31 bits per heavy atom. The summed E-state index contributed by atoms with van der Waals surface area (Å²) in [5, 5.41) is 7.06. The first kappa shape index (κ1) is 18.4. The van der Waals surface area contributed by atoms with Crippen LogP contribution in [0.3, 0.4) is 0 Å². The van der Waals surface area contributed by atoms with Crippen molar-refractivity contribution in [2.24, 2.45) is 13.0 Å². The second-order valence-electron chi connectivity index (χ2n) is 7.09. The van der Waals surface area contributed by atoms with E-state index < -0.39 is 0 Å². The first-order valence-electron chi connectivity index (χ1n) is 9.38. The number of nitrogens with zero attached hydrogens (tertiary/aromatic N) is 4. The molecule has 2 fully saturated rings. The van der Waals surface area contributed by atoms with Gasteiger partial charge in [0.05, 0.1) is 17.8 Å². The topological polar surface area (TPSA) is 87.5 Å². The number of amides is 2. The zero-order valence-corrected chi connectivity index (χ0v) is 15.3. The summed E-state index contributed by atoms with van der Waals surface area (Å²) >= 11 is 0. The van der Waals surface area contributed by atoms with Crippen LogP contribution in [0.4, 0.5) is 5.69 Å². The maximum Gasteiger partial charge on any atom is 0.268 e. The molecule has 2 saturated heterocycles. The molecule has 8 heteroatoms. The number of aryl methyl sites for hydroxylation is 1. The lowest BCUT2D eigenvalue weighted by atomic mass is 9.97. The third-order valence-electron chi connectivity index (χ3n) is 5.19. The molecule has 0 saturated carbocycles. The Balaban J connectivity index is 1.46. The van der Waals surface area contributed by atoms with Crippen molar-refractivity contribution in [1.82, 2.24) is 20.0 Å². The van der Waals surface area contributed by atoms with E-state index in [-0.39, 0.29) is 23.3 Å². The van der Waals surface area contributed by atoms with Crippen LogP contribution < -0.4 is 15.8 Å². The molecule has 1 aromatic rings. The molecule has 2 aliphatic rings. The molecule has 0 bridgehead atoms. The van der Waals surface area contributed by atoms with Crippen LogP contribution in [-0.2, 0) is 16.6 Å². The van der Waals surface area contributed by atoms with E-state index in [4.69, 9.17) is 0 Å². The average Bonchev–Trinajstić information content (AvgIpc) is 3.06. The van der Waals surface area contributed by atoms with E-state index in [0.29, 0.717) is 19.5 Å². The number of nitrogens with one attached hydrogen (secondary N) is 1. The number of aromatic nitrogens is 2. The lowest BCUT2D eigenvalue weighted by Gasteiger charge is -2.33. The lowest BCUT2D eigenvalue weighted by Crippen LogP contribution is -2.44. The molecule has 26 heavy (non-hydrogen) atoms. The fraction of sp³-hybridized carbons (Fsp3) is 0.667. The summed E-state index contributed by atoms with van der Waals surface area (Å²) in [5.41, 5.74) is 0.628. The Bertz CT molecular complexity index is 717. The molecule has 8 nitrogen and oxygen atoms in total. The third kappa shape index (κ3) is 4.42. The van der Waals surface area contributed by atoms with Gasteiger partial charge in [-0.2, -0.15) is 5.10 Å². The maximum absolute atomic E-state index is 12.5. The van der Waals surface area contributed by atoms with E-state index in [1.165, 1.54) is 4.68 Å². The van der Waals surface area contributed by atoms with Crippen molar-refractivity contribution in [3.63, 3.8) is 0 Å². The molecule has 3 rings (SSSR count). The molecule has 0 spiro atoms. The van der Waals surface area contributed by atoms with Crippen LogP contribution >= 0.6 is 0 Å². The molecular weight excluding hydrogens is 334 g/mol. The minimum absolute atomic E-state index is 0.0549. The third-order valence-corrected chi connectivity index (χ3v) is 5.19. The van der Waals surface area contributed by atoms with E-state index >= 15 is 0 Å². The smallest absolute Gasteiger partial charge is 0.268 e. The van der Waals surface area contributed by atoms with E-state index in [2.05, 4.69) is 15.3 Å². The van der Waals surface area contributed by atoms with E-state index in [1.807, 2.05) is 4.90 Å². The Hall–Kier alpha value is -2.38. The SMILES string of the molecule is Cn1ncc(N2CCC[C@H](C(=O)NCCCN3CCCC3=O)C2)cc1=O. The van der Waals surface area contributed by atoms with Crippen LogP contribution in [0.25, 0.3) is 0 Å². The monoisotopic (exact) mass is 361 g/mol. The number of carbonyl (C=O) groups is 2. The molecule has 1 N–H and O–H groups in total. The summed E-state index contributed by atoms with van der Waals surface area (Å²) in [5.74, 6) is 0.197. The number of anilines is 1. The van der Waals surface area contributed by atoms with E-state index in [9.17, 15) is 14.4 Å². The summed E-state index contributed by atoms with van der Waals surface area (Å²) in [6, 6.07) is 1.57. The van der Waals surface area contributed by atoms with Crippen LogP contribution in [0.2, 0.25) is 0 Å². The number of likely N-dealkylation sites (tertiary alicyclic amines) is 1. The number of hydrogen-bond acceptors (Lipinski definition) is 5. The Kier molecular flexibility index (Phi) is 5.90. The van der Waals surface area contributed by atoms with Crippen LogP contribution in [0.1, 0.15) is 32.1 Å². The minimum Gasteiger partial charge on any atom is -0.369 e. The van der Waals surface area contributed by atoms with Gasteiger partial charge in [-0.05, 0) is 25.7 Å². The quantitative estimate of drug-likeness (QED) is 0.728. The lowest BCUT2D eigenvalue weighted by molar-refractivity contribution is -0.127. The molecule has 142 valence electrons. The first-order chi connectivity index (χ1) is 12.5. The molecule has 2 amide bonds. The van der Waals surface area contributed by atoms with Gasteiger partial charge in [0.25, 0.3) is 5.56 Å². The normalized spacial score (nSPS) is 20.5. The van der Waals surface area contributed by atoms with Crippen LogP contribution in [0, 0.1) is 5.92 Å². The predicted octanol–water partition coefficient (Wildman–Crippen LogP) is 0.125. The molecule has 0 radical (unpaired) electrons. The zero-order chi connectivity index (χ0) is 18.5. The molecule has 0 aromatic carbocycles. The van der Waals surface area contributed by atoms with Gasteiger partial charge in [-0.3, -0.25) is 14.4 Å². The minimum atomic E-state index is -0.148. The standard InChI is InChI=1S/C18H27N5O3/c1-21-17(25)11-15(12-20-21)23-9-2-5-14(13-23)18(26)19-7-4-10-22-8-3-6-16(22)24/h11-12,14H,2-10,13H2,1H3,(H,19,26)/t14-/m0/s1. The highest BCUT2D eigenvalue weighted by molar-refractivity contribution is 5.79. The molecule has 1 atom stereocenters. The van der Waals surface area contributed by atoms with Crippen LogP contribution in [0.15, 0.2) is 17.1 Å². The van der Waals surface area contributed by atoms with Gasteiger partial charge in [-0.25, -0.2) is 4.68 Å². The number of piperidine rings is 1. The second-order valence-corrected chi connectivity index (χ2v) is 7.09. The Morgan fingerprint density at radius 3 is 2.88 bits per heavy atom. The largest absolute Gasteiger partial charge is 0.369 e. The van der Waals surface area contributed by atoms with Crippen molar-refractivity contribution in [1.29, 1.82) is 0 Å². The van der Waals surface area contributed by atoms with Gasteiger partial charge in [0.15, 0.2) is 0 Å². The van der Waals surface area contributed by atoms with Gasteiger partial charge in [0.1, 0.15) is 0 Å². The Labute approximate surface area is 153 Å². The highest BCUT2D eigenvalue weighted by Crippen LogP contribution is 2.21. The fourth-order valence-corrected chi connectivity index (χ4v) is 3.62. The van der Waals surface area contributed by atoms with Crippen molar-refractivity contribution in [3.8, 4) is 0 Å². The van der Waals surface area contributed by atoms with Crippen LogP contribution in [0.5, 0.6) is 0 Å². The maximum atomic E-state index is 12.5. The average molecular weight is 361 g/mol. The van der Waals surface area contributed by atoms with E-state index in [0.717, 1.165) is 51.0 Å². The van der Waals surface area contributed by atoms with E-state index in [1.54, 1.807) is 19.3 Å². The van der Waals surface area contributed by atoms with Crippen molar-refractivity contribution in [2.75, 3.05) is 37.6 Å². The zero-order valence-electron chi connectivity index (χ0n) is 15.3. The van der Waals surface area contributed by atoms with Crippen molar-refractivity contribution >= 4 is 17.5 Å². The van der Waals surface area contributed by atoms with Crippen molar-refractivity contribution < 1.29 is 9.59 Å². The Morgan fingerprint density at radius 2 is 2.15 bits per heavy atom. The summed E-state index contributed by atoms with van der Waals surface area (Å²) in [6.45, 7) is 3.58. The molecule has 1 aromatic heterocycles. The molecule has 2 aliphatic heterocycles. The van der Waals surface area contributed by atoms with Crippen molar-refractivity contribution in [2.45, 2.75) is 32.1 Å². The summed E-state index contributed by atoms with van der Waals surface area (Å²) < 4.78 is 1.29. The highest BCUT2D eigenvalue weighted by Gasteiger charge is 2.26. The van der Waals surface area contributed by atoms with Gasteiger partial charge in [0.2, 0.25) is 11.8 Å². The molecular formula is C18H27N5O3. The number of rotatable bonds is 6. The number of hydrogen-bond donors (Lipinski definition) is 1. The van der Waals surface area contributed by atoms with Gasteiger partial charge in [-0.1, -0.05) is 0 Å². The van der Waals surface area contributed by atoms with Gasteiger partial charge >= 0.3 is 0 Å². The van der Waals surface area contributed by atoms with Crippen LogP contribution in [-0.4, -0.2) is 59.2 Å². The highest BCUT2D eigenvalue weighted by atomic mass is 16.2. The summed E-state index contributed by atoms with van der Waals surface area (Å²) in [4.78, 5) is 39.7.